The molecule has 5 heteroatoms. The van der Waals surface area contributed by atoms with E-state index in [2.05, 4.69) is 16.0 Å². The quantitative estimate of drug-likeness (QED) is 0.452. The molecule has 4 aromatic rings. The van der Waals surface area contributed by atoms with Gasteiger partial charge in [0, 0.05) is 11.8 Å². The number of carbonyl (C=O) groups is 1. The van der Waals surface area contributed by atoms with Crippen LogP contribution in [0.3, 0.4) is 0 Å². The lowest BCUT2D eigenvalue weighted by Gasteiger charge is -2.14. The summed E-state index contributed by atoms with van der Waals surface area (Å²) in [6.45, 7) is 1.98. The predicted molar refractivity (Wildman–Crippen MR) is 101 cm³/mol. The van der Waals surface area contributed by atoms with E-state index >= 15 is 0 Å². The number of benzene rings is 3. The minimum absolute atomic E-state index is 0.243. The Morgan fingerprint density at radius 2 is 1.65 bits per heavy atom. The van der Waals surface area contributed by atoms with Crippen LogP contribution in [-0.4, -0.2) is 22.5 Å². The van der Waals surface area contributed by atoms with E-state index in [1.165, 1.54) is 6.20 Å². The number of H-pyrrole nitrogens is 1. The van der Waals surface area contributed by atoms with Crippen LogP contribution >= 0.6 is 0 Å². The summed E-state index contributed by atoms with van der Waals surface area (Å²) in [6, 6.07) is 17.9. The molecule has 0 atom stereocenters. The van der Waals surface area contributed by atoms with Gasteiger partial charge >= 0.3 is 11.7 Å². The van der Waals surface area contributed by atoms with Crippen molar-refractivity contribution in [2.24, 2.45) is 0 Å². The van der Waals surface area contributed by atoms with E-state index in [1.54, 1.807) is 6.92 Å². The largest absolute Gasteiger partial charge is 0.462 e. The average molecular weight is 344 g/mol. The van der Waals surface area contributed by atoms with E-state index in [0.29, 0.717) is 5.69 Å². The van der Waals surface area contributed by atoms with Crippen LogP contribution < -0.4 is 5.69 Å². The molecule has 128 valence electrons. The first-order valence-corrected chi connectivity index (χ1v) is 8.36. The Bertz CT molecular complexity index is 1140. The molecule has 5 nitrogen and oxygen atoms in total. The highest BCUT2D eigenvalue weighted by atomic mass is 16.5. The SMILES string of the molecule is CCOC(=O)c1cnc(=O)[nH]c1-c1c2ccccc2cc2ccccc12. The van der Waals surface area contributed by atoms with Crippen LogP contribution in [0.4, 0.5) is 0 Å². The number of esters is 1. The van der Waals surface area contributed by atoms with E-state index < -0.39 is 11.7 Å². The fourth-order valence-electron chi connectivity index (χ4n) is 3.24. The molecule has 1 heterocycles. The second kappa shape index (κ2) is 6.44. The molecule has 3 aromatic carbocycles. The molecule has 0 aliphatic heterocycles. The predicted octanol–water partition coefficient (Wildman–Crippen LogP) is 3.92. The first-order chi connectivity index (χ1) is 12.7. The van der Waals surface area contributed by atoms with Crippen molar-refractivity contribution in [2.75, 3.05) is 6.61 Å². The summed E-state index contributed by atoms with van der Waals surface area (Å²) in [5.74, 6) is -0.511. The van der Waals surface area contributed by atoms with Crippen LogP contribution in [-0.2, 0) is 4.74 Å². The summed E-state index contributed by atoms with van der Waals surface area (Å²) < 4.78 is 5.15. The van der Waals surface area contributed by atoms with Gasteiger partial charge in [-0.15, -0.1) is 0 Å². The molecule has 26 heavy (non-hydrogen) atoms. The van der Waals surface area contributed by atoms with Crippen LogP contribution in [0, 0.1) is 0 Å². The monoisotopic (exact) mass is 344 g/mol. The van der Waals surface area contributed by atoms with Gasteiger partial charge in [-0.1, -0.05) is 48.5 Å². The Morgan fingerprint density at radius 3 is 2.27 bits per heavy atom. The summed E-state index contributed by atoms with van der Waals surface area (Å²) in [5, 5.41) is 3.93. The number of ether oxygens (including phenoxy) is 1. The third-order valence-electron chi connectivity index (χ3n) is 4.33. The zero-order valence-electron chi connectivity index (χ0n) is 14.2. The average Bonchev–Trinajstić information content (AvgIpc) is 2.66. The number of aromatic amines is 1. The van der Waals surface area contributed by atoms with E-state index in [1.807, 2.05) is 48.5 Å². The third-order valence-corrected chi connectivity index (χ3v) is 4.33. The number of hydrogen-bond donors (Lipinski definition) is 1. The van der Waals surface area contributed by atoms with Crippen LogP contribution in [0.2, 0.25) is 0 Å². The zero-order valence-corrected chi connectivity index (χ0v) is 14.2. The number of hydrogen-bond acceptors (Lipinski definition) is 4. The molecule has 0 bridgehead atoms. The minimum Gasteiger partial charge on any atom is -0.462 e. The molecule has 0 saturated heterocycles. The maximum Gasteiger partial charge on any atom is 0.345 e. The van der Waals surface area contributed by atoms with Crippen molar-refractivity contribution >= 4 is 27.5 Å². The molecule has 0 aliphatic carbocycles. The zero-order chi connectivity index (χ0) is 18.1. The normalized spacial score (nSPS) is 11.0. The van der Waals surface area contributed by atoms with Crippen LogP contribution in [0.5, 0.6) is 0 Å². The second-order valence-corrected chi connectivity index (χ2v) is 5.89. The molecule has 1 aromatic heterocycles. The van der Waals surface area contributed by atoms with Gasteiger partial charge in [-0.25, -0.2) is 14.6 Å². The topological polar surface area (TPSA) is 72.0 Å². The van der Waals surface area contributed by atoms with Gasteiger partial charge < -0.3 is 9.72 Å². The molecule has 0 amide bonds. The summed E-state index contributed by atoms with van der Waals surface area (Å²) in [6.07, 6.45) is 1.28. The van der Waals surface area contributed by atoms with Gasteiger partial charge in [0.1, 0.15) is 5.56 Å². The van der Waals surface area contributed by atoms with Crippen molar-refractivity contribution in [2.45, 2.75) is 6.92 Å². The molecule has 0 saturated carbocycles. The van der Waals surface area contributed by atoms with E-state index in [0.717, 1.165) is 27.1 Å². The van der Waals surface area contributed by atoms with E-state index in [4.69, 9.17) is 4.74 Å². The molecule has 0 aliphatic rings. The Balaban J connectivity index is 2.16. The highest BCUT2D eigenvalue weighted by Crippen LogP contribution is 2.36. The number of rotatable bonds is 3. The molecule has 0 fully saturated rings. The molecular weight excluding hydrogens is 328 g/mol. The summed E-state index contributed by atoms with van der Waals surface area (Å²) in [5.41, 5.74) is 0.954. The van der Waals surface area contributed by atoms with Crippen molar-refractivity contribution in [3.05, 3.63) is 76.8 Å². The van der Waals surface area contributed by atoms with Crippen LogP contribution in [0.25, 0.3) is 32.8 Å². The Morgan fingerprint density at radius 1 is 1.04 bits per heavy atom. The van der Waals surface area contributed by atoms with Crippen LogP contribution in [0.15, 0.2) is 65.6 Å². The van der Waals surface area contributed by atoms with Gasteiger partial charge in [0.05, 0.1) is 12.3 Å². The number of carbonyl (C=O) groups excluding carboxylic acids is 1. The third kappa shape index (κ3) is 2.63. The van der Waals surface area contributed by atoms with Crippen molar-refractivity contribution in [1.82, 2.24) is 9.97 Å². The lowest BCUT2D eigenvalue weighted by Crippen LogP contribution is -2.17. The van der Waals surface area contributed by atoms with Crippen molar-refractivity contribution < 1.29 is 9.53 Å². The van der Waals surface area contributed by atoms with Crippen molar-refractivity contribution in [3.8, 4) is 11.3 Å². The number of fused-ring (bicyclic) bond motifs is 2. The summed E-state index contributed by atoms with van der Waals surface area (Å²) >= 11 is 0. The van der Waals surface area contributed by atoms with E-state index in [-0.39, 0.29) is 12.2 Å². The number of nitrogens with zero attached hydrogens (tertiary/aromatic N) is 1. The van der Waals surface area contributed by atoms with Gasteiger partial charge in [0.2, 0.25) is 0 Å². The Kier molecular flexibility index (Phi) is 3.97. The molecule has 0 unspecified atom stereocenters. The molecule has 1 N–H and O–H groups in total. The summed E-state index contributed by atoms with van der Waals surface area (Å²) in [4.78, 5) is 30.9. The van der Waals surface area contributed by atoms with Crippen LogP contribution in [0.1, 0.15) is 17.3 Å². The molecular formula is C21H16N2O3. The van der Waals surface area contributed by atoms with Crippen molar-refractivity contribution in [1.29, 1.82) is 0 Å². The fourth-order valence-corrected chi connectivity index (χ4v) is 3.24. The smallest absolute Gasteiger partial charge is 0.345 e. The molecule has 4 rings (SSSR count). The molecule has 0 spiro atoms. The van der Waals surface area contributed by atoms with Gasteiger partial charge in [-0.05, 0) is 34.5 Å². The van der Waals surface area contributed by atoms with Gasteiger partial charge in [0.15, 0.2) is 0 Å². The molecule has 0 radical (unpaired) electrons. The first-order valence-electron chi connectivity index (χ1n) is 8.36. The van der Waals surface area contributed by atoms with Crippen molar-refractivity contribution in [3.63, 3.8) is 0 Å². The van der Waals surface area contributed by atoms with Gasteiger partial charge in [-0.2, -0.15) is 0 Å². The standard InChI is InChI=1S/C21H16N2O3/c1-2-26-20(24)17-12-22-21(25)23-19(17)18-15-9-5-3-7-13(15)11-14-8-4-6-10-16(14)18/h3-12H,2H2,1H3,(H,22,23,25). The number of aromatic nitrogens is 2. The first kappa shape index (κ1) is 16.0. The fraction of sp³-hybridized carbons (Fsp3) is 0.0952. The highest BCUT2D eigenvalue weighted by molar-refractivity contribution is 6.14. The maximum atomic E-state index is 12.4. The van der Waals surface area contributed by atoms with E-state index in [9.17, 15) is 9.59 Å². The number of nitrogens with one attached hydrogen (secondary N) is 1. The maximum absolute atomic E-state index is 12.4. The Labute approximate surface area is 149 Å². The highest BCUT2D eigenvalue weighted by Gasteiger charge is 2.19. The second-order valence-electron chi connectivity index (χ2n) is 5.89. The minimum atomic E-state index is -0.511. The van der Waals surface area contributed by atoms with Gasteiger partial charge in [0.25, 0.3) is 0 Å². The summed E-state index contributed by atoms with van der Waals surface area (Å²) in [7, 11) is 0. The lowest BCUT2D eigenvalue weighted by molar-refractivity contribution is 0.0526. The lowest BCUT2D eigenvalue weighted by atomic mass is 9.93. The Hall–Kier alpha value is -3.47. The van der Waals surface area contributed by atoms with Gasteiger partial charge in [-0.3, -0.25) is 0 Å².